The number of unbranched alkanes of at least 4 members (excludes halogenated alkanes) is 2. The quantitative estimate of drug-likeness (QED) is 0.471. The van der Waals surface area contributed by atoms with Gasteiger partial charge in [0.2, 0.25) is 5.91 Å². The molecule has 4 N–H and O–H groups in total. The molecule has 0 bridgehead atoms. The first-order valence-corrected chi connectivity index (χ1v) is 8.45. The first-order chi connectivity index (χ1) is 11.8. The minimum Gasteiger partial charge on any atom is -0.387 e. The van der Waals surface area contributed by atoms with Gasteiger partial charge in [-0.15, -0.1) is 0 Å². The van der Waals surface area contributed by atoms with Crippen LogP contribution in [0.5, 0.6) is 0 Å². The fourth-order valence-corrected chi connectivity index (χ4v) is 2.74. The molecular weight excluding hydrogens is 330 g/mol. The number of amides is 1. The van der Waals surface area contributed by atoms with E-state index in [-0.39, 0.29) is 18.0 Å². The van der Waals surface area contributed by atoms with Crippen LogP contribution in [0.2, 0.25) is 0 Å². The SMILES string of the molecule is CCCCCC(=O)NC[C@H]1O[C@@H](n2cc(C)c(=O)[nH]c2=O)[C@H](O)[C@@H]1O. The van der Waals surface area contributed by atoms with Crippen molar-refractivity contribution in [3.8, 4) is 0 Å². The fraction of sp³-hybridized carbons (Fsp3) is 0.688. The summed E-state index contributed by atoms with van der Waals surface area (Å²) in [5, 5.41) is 22.9. The number of rotatable bonds is 7. The average Bonchev–Trinajstić information content (AvgIpc) is 2.85. The summed E-state index contributed by atoms with van der Waals surface area (Å²) < 4.78 is 6.59. The summed E-state index contributed by atoms with van der Waals surface area (Å²) >= 11 is 0. The van der Waals surface area contributed by atoms with Crippen LogP contribution in [0.15, 0.2) is 15.8 Å². The van der Waals surface area contributed by atoms with Crippen LogP contribution in [-0.2, 0) is 9.53 Å². The number of nitrogens with one attached hydrogen (secondary N) is 2. The van der Waals surface area contributed by atoms with E-state index in [1.165, 1.54) is 13.1 Å². The van der Waals surface area contributed by atoms with Gasteiger partial charge in [-0.25, -0.2) is 4.79 Å². The Bertz CT molecular complexity index is 713. The molecule has 1 aliphatic rings. The van der Waals surface area contributed by atoms with Crippen LogP contribution in [0, 0.1) is 6.92 Å². The number of nitrogens with zero attached hydrogens (tertiary/aromatic N) is 1. The molecule has 0 spiro atoms. The van der Waals surface area contributed by atoms with Gasteiger partial charge in [0.15, 0.2) is 6.23 Å². The molecule has 0 aliphatic carbocycles. The number of aliphatic hydroxyl groups is 2. The van der Waals surface area contributed by atoms with Crippen LogP contribution in [0.3, 0.4) is 0 Å². The Hall–Kier alpha value is -1.97. The standard InChI is InChI=1S/C16H25N3O6/c1-3-4-5-6-11(20)17-7-10-12(21)13(22)15(25-10)19-8-9(2)14(23)18-16(19)24/h8,10,12-13,15,21-22H,3-7H2,1-2H3,(H,17,20)(H,18,23,24)/t10-,12-,13-,15-/m1/s1. The summed E-state index contributed by atoms with van der Waals surface area (Å²) in [6.45, 7) is 3.58. The molecule has 1 saturated heterocycles. The highest BCUT2D eigenvalue weighted by atomic mass is 16.6. The number of ether oxygens (including phenoxy) is 1. The number of H-pyrrole nitrogens is 1. The Morgan fingerprint density at radius 3 is 2.72 bits per heavy atom. The Labute approximate surface area is 144 Å². The molecule has 25 heavy (non-hydrogen) atoms. The fourth-order valence-electron chi connectivity index (χ4n) is 2.74. The molecule has 1 amide bonds. The minimum absolute atomic E-state index is 0.0246. The number of aryl methyl sites for hydroxylation is 1. The van der Waals surface area contributed by atoms with Gasteiger partial charge in [0, 0.05) is 24.7 Å². The molecule has 140 valence electrons. The second-order valence-electron chi connectivity index (χ2n) is 6.29. The number of aliphatic hydroxyl groups excluding tert-OH is 2. The normalized spacial score (nSPS) is 25.9. The zero-order valence-corrected chi connectivity index (χ0v) is 14.4. The van der Waals surface area contributed by atoms with Crippen molar-refractivity contribution < 1.29 is 19.7 Å². The molecule has 9 heteroatoms. The Balaban J connectivity index is 2.01. The van der Waals surface area contributed by atoms with Crippen molar-refractivity contribution in [3.05, 3.63) is 32.6 Å². The topological polar surface area (TPSA) is 134 Å². The maximum atomic E-state index is 11.9. The monoisotopic (exact) mass is 355 g/mol. The van der Waals surface area contributed by atoms with E-state index in [0.717, 1.165) is 23.8 Å². The predicted octanol–water partition coefficient (Wildman–Crippen LogP) is -0.839. The molecule has 1 fully saturated rings. The number of aromatic nitrogens is 2. The summed E-state index contributed by atoms with van der Waals surface area (Å²) in [7, 11) is 0. The largest absolute Gasteiger partial charge is 0.387 e. The Kier molecular flexibility index (Phi) is 6.51. The van der Waals surface area contributed by atoms with Crippen molar-refractivity contribution >= 4 is 5.91 Å². The van der Waals surface area contributed by atoms with Gasteiger partial charge in [-0.05, 0) is 13.3 Å². The second kappa shape index (κ2) is 8.41. The molecule has 0 aromatic carbocycles. The summed E-state index contributed by atoms with van der Waals surface area (Å²) in [6.07, 6.45) is -0.188. The van der Waals surface area contributed by atoms with Crippen molar-refractivity contribution in [2.24, 2.45) is 0 Å². The highest BCUT2D eigenvalue weighted by molar-refractivity contribution is 5.75. The van der Waals surface area contributed by atoms with E-state index in [4.69, 9.17) is 4.74 Å². The molecular formula is C16H25N3O6. The lowest BCUT2D eigenvalue weighted by molar-refractivity contribution is -0.122. The van der Waals surface area contributed by atoms with E-state index in [1.54, 1.807) is 0 Å². The minimum atomic E-state index is -1.36. The average molecular weight is 355 g/mol. The van der Waals surface area contributed by atoms with Crippen LogP contribution in [-0.4, -0.2) is 50.5 Å². The van der Waals surface area contributed by atoms with Gasteiger partial charge >= 0.3 is 5.69 Å². The summed E-state index contributed by atoms with van der Waals surface area (Å²) in [5.74, 6) is -0.153. The maximum Gasteiger partial charge on any atom is 0.330 e. The Morgan fingerprint density at radius 1 is 1.32 bits per heavy atom. The number of carbonyl (C=O) groups excluding carboxylic acids is 1. The zero-order valence-electron chi connectivity index (χ0n) is 14.4. The van der Waals surface area contributed by atoms with Gasteiger partial charge in [0.05, 0.1) is 0 Å². The van der Waals surface area contributed by atoms with E-state index < -0.39 is 35.8 Å². The van der Waals surface area contributed by atoms with Crippen molar-refractivity contribution in [1.29, 1.82) is 0 Å². The van der Waals surface area contributed by atoms with Crippen molar-refractivity contribution in [1.82, 2.24) is 14.9 Å². The van der Waals surface area contributed by atoms with Crippen molar-refractivity contribution in [2.45, 2.75) is 64.1 Å². The molecule has 2 heterocycles. The van der Waals surface area contributed by atoms with Gasteiger partial charge < -0.3 is 20.3 Å². The van der Waals surface area contributed by atoms with Gasteiger partial charge in [-0.3, -0.25) is 19.1 Å². The lowest BCUT2D eigenvalue weighted by atomic mass is 10.1. The van der Waals surface area contributed by atoms with Crippen LogP contribution in [0.1, 0.15) is 44.4 Å². The highest BCUT2D eigenvalue weighted by Crippen LogP contribution is 2.28. The molecule has 4 atom stereocenters. The van der Waals surface area contributed by atoms with Crippen LogP contribution >= 0.6 is 0 Å². The third-order valence-corrected chi connectivity index (χ3v) is 4.27. The van der Waals surface area contributed by atoms with E-state index >= 15 is 0 Å². The molecule has 1 aliphatic heterocycles. The van der Waals surface area contributed by atoms with Gasteiger partial charge in [0.1, 0.15) is 18.3 Å². The summed E-state index contributed by atoms with van der Waals surface area (Å²) in [6, 6.07) is 0. The number of carbonyl (C=O) groups is 1. The van der Waals surface area contributed by atoms with Gasteiger partial charge in [-0.2, -0.15) is 0 Å². The maximum absolute atomic E-state index is 11.9. The zero-order chi connectivity index (χ0) is 18.6. The predicted molar refractivity (Wildman–Crippen MR) is 89.1 cm³/mol. The van der Waals surface area contributed by atoms with E-state index in [1.807, 2.05) is 6.92 Å². The summed E-state index contributed by atoms with van der Waals surface area (Å²) in [5.41, 5.74) is -0.987. The van der Waals surface area contributed by atoms with E-state index in [2.05, 4.69) is 10.3 Å². The number of hydrogen-bond acceptors (Lipinski definition) is 6. The van der Waals surface area contributed by atoms with Crippen molar-refractivity contribution in [2.75, 3.05) is 6.54 Å². The van der Waals surface area contributed by atoms with E-state index in [0.29, 0.717) is 6.42 Å². The Morgan fingerprint density at radius 2 is 2.04 bits per heavy atom. The van der Waals surface area contributed by atoms with Crippen LogP contribution in [0.4, 0.5) is 0 Å². The lowest BCUT2D eigenvalue weighted by Gasteiger charge is -2.17. The first-order valence-electron chi connectivity index (χ1n) is 8.45. The third kappa shape index (κ3) is 4.56. The van der Waals surface area contributed by atoms with Crippen LogP contribution in [0.25, 0.3) is 0 Å². The molecule has 1 aromatic heterocycles. The molecule has 0 unspecified atom stereocenters. The highest BCUT2D eigenvalue weighted by Gasteiger charge is 2.44. The van der Waals surface area contributed by atoms with Gasteiger partial charge in [0.25, 0.3) is 5.56 Å². The van der Waals surface area contributed by atoms with E-state index in [9.17, 15) is 24.6 Å². The molecule has 9 nitrogen and oxygen atoms in total. The molecule has 0 radical (unpaired) electrons. The molecule has 2 rings (SSSR count). The van der Waals surface area contributed by atoms with Crippen LogP contribution < -0.4 is 16.6 Å². The second-order valence-corrected chi connectivity index (χ2v) is 6.29. The van der Waals surface area contributed by atoms with Crippen molar-refractivity contribution in [3.63, 3.8) is 0 Å². The summed E-state index contributed by atoms with van der Waals surface area (Å²) in [4.78, 5) is 37.2. The number of hydrogen-bond donors (Lipinski definition) is 4. The third-order valence-electron chi connectivity index (χ3n) is 4.27. The smallest absolute Gasteiger partial charge is 0.330 e. The lowest BCUT2D eigenvalue weighted by Crippen LogP contribution is -2.40. The molecule has 1 aromatic rings. The molecule has 0 saturated carbocycles. The first kappa shape index (κ1) is 19.4. The van der Waals surface area contributed by atoms with Gasteiger partial charge in [-0.1, -0.05) is 19.8 Å². The number of aromatic amines is 1.